The molecule has 7 heteroatoms. The zero-order valence-corrected chi connectivity index (χ0v) is 15.5. The molecule has 0 aliphatic rings. The molecule has 0 aliphatic heterocycles. The number of benzene rings is 2. The largest absolute Gasteiger partial charge is 0.504 e. The Morgan fingerprint density at radius 2 is 2.04 bits per heavy atom. The van der Waals surface area contributed by atoms with Gasteiger partial charge in [0.25, 0.3) is 5.91 Å². The van der Waals surface area contributed by atoms with Crippen molar-refractivity contribution in [3.05, 3.63) is 52.0 Å². The van der Waals surface area contributed by atoms with Crippen LogP contribution in [-0.2, 0) is 4.79 Å². The fourth-order valence-corrected chi connectivity index (χ4v) is 2.49. The summed E-state index contributed by atoms with van der Waals surface area (Å²) in [4.78, 5) is 11.8. The summed E-state index contributed by atoms with van der Waals surface area (Å²) in [5.41, 5.74) is 4.01. The lowest BCUT2D eigenvalue weighted by molar-refractivity contribution is -0.123. The van der Waals surface area contributed by atoms with Crippen molar-refractivity contribution in [2.75, 3.05) is 13.2 Å². The normalized spacial score (nSPS) is 10.7. The molecule has 0 heterocycles. The molecule has 0 fully saturated rings. The van der Waals surface area contributed by atoms with Gasteiger partial charge in [-0.2, -0.15) is 5.10 Å². The number of phenolic OH excluding ortho intramolecular Hbond substituents is 1. The second-order valence-corrected chi connectivity index (χ2v) is 6.07. The molecule has 0 atom stereocenters. The van der Waals surface area contributed by atoms with E-state index in [1.807, 2.05) is 26.0 Å². The van der Waals surface area contributed by atoms with Gasteiger partial charge < -0.3 is 14.6 Å². The van der Waals surface area contributed by atoms with Crippen molar-refractivity contribution in [3.63, 3.8) is 0 Å². The van der Waals surface area contributed by atoms with Gasteiger partial charge in [-0.3, -0.25) is 4.79 Å². The molecule has 0 saturated heterocycles. The molecule has 2 aromatic carbocycles. The molecule has 1 amide bonds. The summed E-state index contributed by atoms with van der Waals surface area (Å²) in [7, 11) is 0. The number of hydrogen-bond acceptors (Lipinski definition) is 5. The van der Waals surface area contributed by atoms with Crippen LogP contribution in [0, 0.1) is 6.92 Å². The van der Waals surface area contributed by atoms with Crippen LogP contribution < -0.4 is 14.9 Å². The van der Waals surface area contributed by atoms with Crippen LogP contribution in [0.2, 0.25) is 0 Å². The van der Waals surface area contributed by atoms with Gasteiger partial charge in [0.15, 0.2) is 18.1 Å². The van der Waals surface area contributed by atoms with Gasteiger partial charge in [-0.15, -0.1) is 0 Å². The summed E-state index contributed by atoms with van der Waals surface area (Å²) >= 11 is 3.37. The Morgan fingerprint density at radius 3 is 2.76 bits per heavy atom. The third-order valence-corrected chi connectivity index (χ3v) is 3.68. The topological polar surface area (TPSA) is 80.2 Å². The summed E-state index contributed by atoms with van der Waals surface area (Å²) in [6.45, 7) is 4.03. The lowest BCUT2D eigenvalue weighted by Crippen LogP contribution is -2.24. The van der Waals surface area contributed by atoms with Gasteiger partial charge in [0.2, 0.25) is 0 Å². The molecular formula is C18H19BrN2O4. The van der Waals surface area contributed by atoms with E-state index in [1.54, 1.807) is 18.2 Å². The highest BCUT2D eigenvalue weighted by molar-refractivity contribution is 9.10. The molecule has 0 radical (unpaired) electrons. The molecule has 132 valence electrons. The molecular weight excluding hydrogens is 388 g/mol. The Morgan fingerprint density at radius 1 is 1.24 bits per heavy atom. The van der Waals surface area contributed by atoms with Gasteiger partial charge in [-0.25, -0.2) is 5.43 Å². The monoisotopic (exact) mass is 406 g/mol. The number of hydrazone groups is 1. The molecule has 0 aromatic heterocycles. The number of amides is 1. The highest BCUT2D eigenvalue weighted by Crippen LogP contribution is 2.26. The average Bonchev–Trinajstić information content (AvgIpc) is 2.57. The third kappa shape index (κ3) is 5.79. The molecule has 25 heavy (non-hydrogen) atoms. The second-order valence-electron chi connectivity index (χ2n) is 5.15. The summed E-state index contributed by atoms with van der Waals surface area (Å²) in [5.74, 6) is 0.692. The third-order valence-electron chi connectivity index (χ3n) is 3.18. The van der Waals surface area contributed by atoms with E-state index in [2.05, 4.69) is 26.5 Å². The quantitative estimate of drug-likeness (QED) is 0.545. The first-order valence-corrected chi connectivity index (χ1v) is 8.45. The van der Waals surface area contributed by atoms with Crippen molar-refractivity contribution in [2.45, 2.75) is 13.8 Å². The number of rotatable bonds is 7. The SMILES string of the molecule is CCOc1cc(/C=N/NC(=O)COc2ccc(Br)cc2C)ccc1O. The highest BCUT2D eigenvalue weighted by atomic mass is 79.9. The predicted molar refractivity (Wildman–Crippen MR) is 99.4 cm³/mol. The van der Waals surface area contributed by atoms with Gasteiger partial charge in [0.1, 0.15) is 5.75 Å². The van der Waals surface area contributed by atoms with Crippen LogP contribution in [0.3, 0.4) is 0 Å². The first-order valence-electron chi connectivity index (χ1n) is 7.66. The predicted octanol–water partition coefficient (Wildman–Crippen LogP) is 3.39. The number of ether oxygens (including phenoxy) is 2. The van der Waals surface area contributed by atoms with E-state index in [-0.39, 0.29) is 18.3 Å². The minimum atomic E-state index is -0.373. The molecule has 0 aliphatic carbocycles. The van der Waals surface area contributed by atoms with E-state index in [0.717, 1.165) is 10.0 Å². The van der Waals surface area contributed by atoms with Crippen LogP contribution in [0.15, 0.2) is 46.0 Å². The molecule has 0 spiro atoms. The zero-order valence-electron chi connectivity index (χ0n) is 14.0. The second kappa shape index (κ2) is 9.08. The maximum absolute atomic E-state index is 11.8. The van der Waals surface area contributed by atoms with Crippen LogP contribution >= 0.6 is 15.9 Å². The van der Waals surface area contributed by atoms with E-state index in [1.165, 1.54) is 12.3 Å². The maximum atomic E-state index is 11.8. The van der Waals surface area contributed by atoms with Crippen LogP contribution in [0.1, 0.15) is 18.1 Å². The fourth-order valence-electron chi connectivity index (χ4n) is 2.01. The Bertz CT molecular complexity index is 778. The zero-order chi connectivity index (χ0) is 18.2. The smallest absolute Gasteiger partial charge is 0.277 e. The molecule has 0 saturated carbocycles. The summed E-state index contributed by atoms with van der Waals surface area (Å²) in [6.07, 6.45) is 1.46. The Hall–Kier alpha value is -2.54. The summed E-state index contributed by atoms with van der Waals surface area (Å²) in [5, 5.41) is 13.5. The lowest BCUT2D eigenvalue weighted by atomic mass is 10.2. The highest BCUT2D eigenvalue weighted by Gasteiger charge is 2.05. The minimum Gasteiger partial charge on any atom is -0.504 e. The van der Waals surface area contributed by atoms with Crippen molar-refractivity contribution < 1.29 is 19.4 Å². The van der Waals surface area contributed by atoms with E-state index in [9.17, 15) is 9.90 Å². The van der Waals surface area contributed by atoms with Crippen molar-refractivity contribution in [2.24, 2.45) is 5.10 Å². The summed E-state index contributed by atoms with van der Waals surface area (Å²) in [6, 6.07) is 10.4. The fraction of sp³-hybridized carbons (Fsp3) is 0.222. The molecule has 6 nitrogen and oxygen atoms in total. The standard InChI is InChI=1S/C18H19BrN2O4/c1-3-24-17-9-13(4-6-15(17)22)10-20-21-18(23)11-25-16-7-5-14(19)8-12(16)2/h4-10,22H,3,11H2,1-2H3,(H,21,23)/b20-10+. The Labute approximate surface area is 154 Å². The van der Waals surface area contributed by atoms with E-state index >= 15 is 0 Å². The Kier molecular flexibility index (Phi) is 6.82. The number of nitrogens with zero attached hydrogens (tertiary/aromatic N) is 1. The number of nitrogens with one attached hydrogen (secondary N) is 1. The van der Waals surface area contributed by atoms with Crippen molar-refractivity contribution in [1.29, 1.82) is 0 Å². The average molecular weight is 407 g/mol. The molecule has 0 unspecified atom stereocenters. The van der Waals surface area contributed by atoms with Crippen LogP contribution in [-0.4, -0.2) is 30.4 Å². The number of carbonyl (C=O) groups is 1. The van der Waals surface area contributed by atoms with Gasteiger partial charge in [-0.1, -0.05) is 15.9 Å². The first kappa shape index (κ1) is 18.8. The number of aromatic hydroxyl groups is 1. The number of aryl methyl sites for hydroxylation is 1. The van der Waals surface area contributed by atoms with E-state index in [4.69, 9.17) is 9.47 Å². The van der Waals surface area contributed by atoms with Crippen LogP contribution in [0.5, 0.6) is 17.2 Å². The van der Waals surface area contributed by atoms with Gasteiger partial charge in [-0.05, 0) is 61.4 Å². The maximum Gasteiger partial charge on any atom is 0.277 e. The minimum absolute atomic E-state index is 0.0568. The van der Waals surface area contributed by atoms with Crippen molar-refractivity contribution in [3.8, 4) is 17.2 Å². The van der Waals surface area contributed by atoms with Crippen molar-refractivity contribution >= 4 is 28.1 Å². The molecule has 0 bridgehead atoms. The molecule has 2 aromatic rings. The number of carbonyl (C=O) groups excluding carboxylic acids is 1. The number of hydrogen-bond donors (Lipinski definition) is 2. The van der Waals surface area contributed by atoms with Gasteiger partial charge in [0, 0.05) is 4.47 Å². The van der Waals surface area contributed by atoms with Crippen molar-refractivity contribution in [1.82, 2.24) is 5.43 Å². The molecule has 2 N–H and O–H groups in total. The van der Waals surface area contributed by atoms with Crippen LogP contribution in [0.25, 0.3) is 0 Å². The number of phenols is 1. The van der Waals surface area contributed by atoms with Crippen LogP contribution in [0.4, 0.5) is 0 Å². The van der Waals surface area contributed by atoms with E-state index in [0.29, 0.717) is 23.7 Å². The lowest BCUT2D eigenvalue weighted by Gasteiger charge is -2.08. The van der Waals surface area contributed by atoms with Gasteiger partial charge in [0.05, 0.1) is 12.8 Å². The number of halogens is 1. The summed E-state index contributed by atoms with van der Waals surface area (Å²) < 4.78 is 11.7. The Balaban J connectivity index is 1.87. The molecule has 2 rings (SSSR count). The van der Waals surface area contributed by atoms with Gasteiger partial charge >= 0.3 is 0 Å². The van der Waals surface area contributed by atoms with E-state index < -0.39 is 0 Å². The first-order chi connectivity index (χ1) is 12.0.